The second kappa shape index (κ2) is 11.4. The van der Waals surface area contributed by atoms with Crippen LogP contribution >= 0.6 is 0 Å². The summed E-state index contributed by atoms with van der Waals surface area (Å²) < 4.78 is 15.5. The first kappa shape index (κ1) is 19.8. The molecule has 0 heterocycles. The van der Waals surface area contributed by atoms with E-state index in [2.05, 4.69) is 5.32 Å². The molecule has 1 amide bonds. The molecule has 25 heavy (non-hydrogen) atoms. The molecule has 2 rings (SSSR count). The number of anilines is 1. The second-order valence-corrected chi connectivity index (χ2v) is 4.77. The SMILES string of the molecule is COc1cc(OC)c(NC(=O)CCC#N)c(OC)c1.c1ccccc1. The highest BCUT2D eigenvalue weighted by Gasteiger charge is 2.15. The summed E-state index contributed by atoms with van der Waals surface area (Å²) >= 11 is 0. The van der Waals surface area contributed by atoms with Crippen molar-refractivity contribution < 1.29 is 19.0 Å². The fraction of sp³-hybridized carbons (Fsp3) is 0.263. The average molecular weight is 342 g/mol. The molecule has 0 aliphatic carbocycles. The Labute approximate surface area is 147 Å². The Morgan fingerprint density at radius 3 is 1.80 bits per heavy atom. The zero-order valence-corrected chi connectivity index (χ0v) is 14.6. The molecule has 0 unspecified atom stereocenters. The number of ether oxygens (including phenoxy) is 3. The van der Waals surface area contributed by atoms with Gasteiger partial charge in [-0.3, -0.25) is 4.79 Å². The monoisotopic (exact) mass is 342 g/mol. The molecule has 0 saturated heterocycles. The Morgan fingerprint density at radius 1 is 0.960 bits per heavy atom. The predicted octanol–water partition coefficient (Wildman–Crippen LogP) is 3.64. The molecule has 2 aromatic rings. The van der Waals surface area contributed by atoms with Crippen molar-refractivity contribution in [2.75, 3.05) is 26.6 Å². The summed E-state index contributed by atoms with van der Waals surface area (Å²) in [5, 5.41) is 11.1. The number of hydrogen-bond donors (Lipinski definition) is 1. The molecule has 0 saturated carbocycles. The molecule has 0 atom stereocenters. The number of amides is 1. The Bertz CT molecular complexity index is 645. The van der Waals surface area contributed by atoms with E-state index in [0.29, 0.717) is 22.9 Å². The molecule has 0 aromatic heterocycles. The van der Waals surface area contributed by atoms with E-state index in [1.165, 1.54) is 21.3 Å². The molecule has 0 bridgehead atoms. The van der Waals surface area contributed by atoms with Crippen molar-refractivity contribution in [1.29, 1.82) is 5.26 Å². The zero-order valence-electron chi connectivity index (χ0n) is 14.6. The summed E-state index contributed by atoms with van der Waals surface area (Å²) in [7, 11) is 4.50. The lowest BCUT2D eigenvalue weighted by Gasteiger charge is -2.15. The maximum atomic E-state index is 11.7. The maximum absolute atomic E-state index is 11.7. The van der Waals surface area contributed by atoms with Gasteiger partial charge >= 0.3 is 0 Å². The van der Waals surface area contributed by atoms with Gasteiger partial charge in [0, 0.05) is 25.0 Å². The Hall–Kier alpha value is -3.20. The summed E-state index contributed by atoms with van der Waals surface area (Å²) in [6.45, 7) is 0. The van der Waals surface area contributed by atoms with Gasteiger partial charge in [-0.05, 0) is 0 Å². The van der Waals surface area contributed by atoms with Crippen molar-refractivity contribution in [3.05, 3.63) is 48.5 Å². The molecule has 6 nitrogen and oxygen atoms in total. The van der Waals surface area contributed by atoms with Crippen molar-refractivity contribution >= 4 is 11.6 Å². The molecule has 0 fully saturated rings. The fourth-order valence-electron chi connectivity index (χ4n) is 1.89. The molecular formula is C19H22N2O4. The molecule has 6 heteroatoms. The van der Waals surface area contributed by atoms with E-state index in [1.54, 1.807) is 12.1 Å². The lowest BCUT2D eigenvalue weighted by Crippen LogP contribution is -2.12. The van der Waals surface area contributed by atoms with Gasteiger partial charge in [-0.2, -0.15) is 5.26 Å². The van der Waals surface area contributed by atoms with E-state index in [1.807, 2.05) is 42.5 Å². The minimum Gasteiger partial charge on any atom is -0.496 e. The number of nitrogens with one attached hydrogen (secondary N) is 1. The number of hydrogen-bond acceptors (Lipinski definition) is 5. The smallest absolute Gasteiger partial charge is 0.225 e. The number of carbonyl (C=O) groups is 1. The van der Waals surface area contributed by atoms with Gasteiger partial charge < -0.3 is 19.5 Å². The van der Waals surface area contributed by atoms with E-state index < -0.39 is 0 Å². The normalized spacial score (nSPS) is 9.04. The number of carbonyl (C=O) groups excluding carboxylic acids is 1. The Balaban J connectivity index is 0.000000435. The van der Waals surface area contributed by atoms with Crippen molar-refractivity contribution in [3.63, 3.8) is 0 Å². The Kier molecular flexibility index (Phi) is 9.01. The number of methoxy groups -OCH3 is 3. The largest absolute Gasteiger partial charge is 0.496 e. The average Bonchev–Trinajstić information content (AvgIpc) is 2.68. The van der Waals surface area contributed by atoms with Crippen LogP contribution in [0, 0.1) is 11.3 Å². The van der Waals surface area contributed by atoms with Crippen LogP contribution in [0.4, 0.5) is 5.69 Å². The lowest BCUT2D eigenvalue weighted by molar-refractivity contribution is -0.116. The van der Waals surface area contributed by atoms with Crippen molar-refractivity contribution in [2.24, 2.45) is 0 Å². The van der Waals surface area contributed by atoms with Crippen LogP contribution in [0.5, 0.6) is 17.2 Å². The zero-order chi connectivity index (χ0) is 18.5. The van der Waals surface area contributed by atoms with Crippen LogP contribution in [-0.2, 0) is 4.79 Å². The quantitative estimate of drug-likeness (QED) is 0.867. The van der Waals surface area contributed by atoms with Gasteiger partial charge in [0.25, 0.3) is 0 Å². The van der Waals surface area contributed by atoms with Gasteiger partial charge in [-0.25, -0.2) is 0 Å². The van der Waals surface area contributed by atoms with Gasteiger partial charge in [0.05, 0.1) is 27.4 Å². The van der Waals surface area contributed by atoms with E-state index in [4.69, 9.17) is 19.5 Å². The molecule has 0 aliphatic heterocycles. The van der Waals surface area contributed by atoms with Gasteiger partial charge in [-0.1, -0.05) is 36.4 Å². The van der Waals surface area contributed by atoms with Crippen LogP contribution in [-0.4, -0.2) is 27.2 Å². The molecule has 2 aromatic carbocycles. The van der Waals surface area contributed by atoms with Crippen molar-refractivity contribution in [3.8, 4) is 23.3 Å². The summed E-state index contributed by atoms with van der Waals surface area (Å²) in [6, 6.07) is 17.2. The van der Waals surface area contributed by atoms with E-state index >= 15 is 0 Å². The molecule has 1 N–H and O–H groups in total. The Morgan fingerprint density at radius 2 is 1.44 bits per heavy atom. The first-order chi connectivity index (χ1) is 12.2. The number of rotatable bonds is 6. The summed E-state index contributed by atoms with van der Waals surface area (Å²) in [4.78, 5) is 11.7. The first-order valence-corrected chi connectivity index (χ1v) is 7.63. The first-order valence-electron chi connectivity index (χ1n) is 7.63. The van der Waals surface area contributed by atoms with Gasteiger partial charge in [0.1, 0.15) is 22.9 Å². The van der Waals surface area contributed by atoms with Crippen LogP contribution in [0.2, 0.25) is 0 Å². The predicted molar refractivity (Wildman–Crippen MR) is 96.0 cm³/mol. The lowest BCUT2D eigenvalue weighted by atomic mass is 10.2. The van der Waals surface area contributed by atoms with E-state index in [-0.39, 0.29) is 18.7 Å². The second-order valence-electron chi connectivity index (χ2n) is 4.77. The van der Waals surface area contributed by atoms with Gasteiger partial charge in [0.2, 0.25) is 5.91 Å². The van der Waals surface area contributed by atoms with Crippen LogP contribution < -0.4 is 19.5 Å². The molecule has 0 radical (unpaired) electrons. The van der Waals surface area contributed by atoms with E-state index in [0.717, 1.165) is 0 Å². The summed E-state index contributed by atoms with van der Waals surface area (Å²) in [6.07, 6.45) is 0.279. The van der Waals surface area contributed by atoms with Gasteiger partial charge in [-0.15, -0.1) is 0 Å². The maximum Gasteiger partial charge on any atom is 0.225 e. The molecule has 0 aliphatic rings. The van der Waals surface area contributed by atoms with Crippen LogP contribution in [0.15, 0.2) is 48.5 Å². The van der Waals surface area contributed by atoms with Crippen molar-refractivity contribution in [2.45, 2.75) is 12.8 Å². The number of nitrogens with zero attached hydrogens (tertiary/aromatic N) is 1. The molecular weight excluding hydrogens is 320 g/mol. The van der Waals surface area contributed by atoms with Gasteiger partial charge in [0.15, 0.2) is 0 Å². The van der Waals surface area contributed by atoms with Crippen LogP contribution in [0.1, 0.15) is 12.8 Å². The fourth-order valence-corrected chi connectivity index (χ4v) is 1.89. The minimum absolute atomic E-state index is 0.120. The topological polar surface area (TPSA) is 80.6 Å². The highest BCUT2D eigenvalue weighted by atomic mass is 16.5. The third-order valence-electron chi connectivity index (χ3n) is 3.11. The third-order valence-corrected chi connectivity index (χ3v) is 3.11. The van der Waals surface area contributed by atoms with Crippen LogP contribution in [0.3, 0.4) is 0 Å². The summed E-state index contributed by atoms with van der Waals surface area (Å²) in [5.74, 6) is 1.15. The van der Waals surface area contributed by atoms with E-state index in [9.17, 15) is 4.79 Å². The number of benzene rings is 2. The van der Waals surface area contributed by atoms with Crippen molar-refractivity contribution in [1.82, 2.24) is 0 Å². The standard InChI is InChI=1S/C13H16N2O4.C6H6/c1-17-9-7-10(18-2)13(11(8-9)19-3)15-12(16)5-4-6-14;1-2-4-6-5-3-1/h7-8H,4-5H2,1-3H3,(H,15,16);1-6H. The highest BCUT2D eigenvalue weighted by Crippen LogP contribution is 2.38. The van der Waals surface area contributed by atoms with Crippen LogP contribution in [0.25, 0.3) is 0 Å². The molecule has 0 spiro atoms. The molecule has 132 valence electrons. The highest BCUT2D eigenvalue weighted by molar-refractivity contribution is 5.94. The number of nitriles is 1. The third kappa shape index (κ3) is 6.83. The summed E-state index contributed by atoms with van der Waals surface area (Å²) in [5.41, 5.74) is 0.425. The minimum atomic E-state index is -0.275.